The van der Waals surface area contributed by atoms with E-state index in [2.05, 4.69) is 0 Å². The number of rotatable bonds is 5. The lowest BCUT2D eigenvalue weighted by molar-refractivity contribution is -0.126. The van der Waals surface area contributed by atoms with E-state index in [1.807, 2.05) is 18.2 Å². The number of benzene rings is 1. The molecule has 2 rings (SSSR count). The Hall–Kier alpha value is -1.95. The molecule has 1 amide bonds. The maximum absolute atomic E-state index is 11.9. The summed E-state index contributed by atoms with van der Waals surface area (Å²) in [6.07, 6.45) is 0.0669. The molecule has 0 spiro atoms. The molecule has 6 heteroatoms. The molecule has 0 saturated carbocycles. The maximum atomic E-state index is 11.9. The van der Waals surface area contributed by atoms with Gasteiger partial charge in [0.25, 0.3) is 0 Å². The van der Waals surface area contributed by atoms with Crippen molar-refractivity contribution in [2.75, 3.05) is 20.8 Å². The minimum atomic E-state index is -1.35. The Balaban J connectivity index is 2.12. The summed E-state index contributed by atoms with van der Waals surface area (Å²) in [6.45, 7) is 5.33. The van der Waals surface area contributed by atoms with Crippen molar-refractivity contribution in [3.8, 4) is 11.5 Å². The van der Waals surface area contributed by atoms with Crippen LogP contribution in [0, 0.1) is 0 Å². The fraction of sp³-hybridized carbons (Fsp3) is 0.562. The lowest BCUT2D eigenvalue weighted by Gasteiger charge is -2.34. The predicted molar refractivity (Wildman–Crippen MR) is 81.1 cm³/mol. The molecule has 0 unspecified atom stereocenters. The zero-order valence-corrected chi connectivity index (χ0v) is 13.7. The summed E-state index contributed by atoms with van der Waals surface area (Å²) < 4.78 is 15.7. The zero-order valence-electron chi connectivity index (χ0n) is 13.7. The number of ether oxygens (including phenoxy) is 3. The first-order valence-corrected chi connectivity index (χ1v) is 7.17. The van der Waals surface area contributed by atoms with Crippen LogP contribution in [-0.2, 0) is 11.2 Å². The minimum absolute atomic E-state index is 0.352. The highest BCUT2D eigenvalue weighted by atomic mass is 16.6. The summed E-state index contributed by atoms with van der Waals surface area (Å²) in [5.74, 6) is 1.29. The quantitative estimate of drug-likeness (QED) is 0.903. The summed E-state index contributed by atoms with van der Waals surface area (Å²) in [7, 11) is 3.16. The van der Waals surface area contributed by atoms with Crippen LogP contribution in [0.3, 0.4) is 0 Å². The zero-order chi connectivity index (χ0) is 16.5. The smallest absolute Gasteiger partial charge is 0.412 e. The number of hydrogen-bond donors (Lipinski definition) is 1. The summed E-state index contributed by atoms with van der Waals surface area (Å²) in [6, 6.07) is 5.58. The highest BCUT2D eigenvalue weighted by Crippen LogP contribution is 2.37. The van der Waals surface area contributed by atoms with Crippen molar-refractivity contribution in [3.05, 3.63) is 23.8 Å². The van der Waals surface area contributed by atoms with Crippen LogP contribution in [0.25, 0.3) is 0 Å². The number of hydrogen-bond acceptors (Lipinski definition) is 5. The first kappa shape index (κ1) is 16.4. The molecule has 0 radical (unpaired) electrons. The first-order valence-electron chi connectivity index (χ1n) is 7.17. The van der Waals surface area contributed by atoms with Gasteiger partial charge in [-0.15, -0.1) is 0 Å². The molecule has 1 aliphatic heterocycles. The number of carbonyl (C=O) groups is 1. The summed E-state index contributed by atoms with van der Waals surface area (Å²) in [4.78, 5) is 13.3. The molecular weight excluding hydrogens is 286 g/mol. The Morgan fingerprint density at radius 3 is 2.32 bits per heavy atom. The van der Waals surface area contributed by atoms with Crippen molar-refractivity contribution in [2.45, 2.75) is 38.5 Å². The van der Waals surface area contributed by atoms with Crippen molar-refractivity contribution in [1.82, 2.24) is 4.90 Å². The third kappa shape index (κ3) is 2.70. The van der Waals surface area contributed by atoms with Gasteiger partial charge in [-0.25, -0.2) is 4.79 Å². The lowest BCUT2D eigenvalue weighted by atomic mass is 9.95. The summed E-state index contributed by atoms with van der Waals surface area (Å²) >= 11 is 0. The molecule has 0 bridgehead atoms. The number of aliphatic hydroxyl groups is 1. The molecule has 1 atom stereocenters. The van der Waals surface area contributed by atoms with Crippen LogP contribution in [0.1, 0.15) is 26.3 Å². The molecule has 1 aliphatic rings. The van der Waals surface area contributed by atoms with Gasteiger partial charge in [-0.2, -0.15) is 0 Å². The van der Waals surface area contributed by atoms with Gasteiger partial charge in [0, 0.05) is 6.54 Å². The van der Waals surface area contributed by atoms with Crippen LogP contribution in [0.2, 0.25) is 0 Å². The van der Waals surface area contributed by atoms with Crippen molar-refractivity contribution in [3.63, 3.8) is 0 Å². The van der Waals surface area contributed by atoms with Gasteiger partial charge in [-0.1, -0.05) is 6.07 Å². The average molecular weight is 309 g/mol. The molecule has 0 aromatic heterocycles. The lowest BCUT2D eigenvalue weighted by Crippen LogP contribution is -2.54. The van der Waals surface area contributed by atoms with E-state index in [4.69, 9.17) is 14.2 Å². The van der Waals surface area contributed by atoms with E-state index < -0.39 is 17.4 Å². The Labute approximate surface area is 130 Å². The number of cyclic esters (lactones) is 1. The highest BCUT2D eigenvalue weighted by Gasteiger charge is 2.56. The van der Waals surface area contributed by atoms with E-state index in [9.17, 15) is 9.90 Å². The van der Waals surface area contributed by atoms with Crippen LogP contribution in [0.15, 0.2) is 18.2 Å². The van der Waals surface area contributed by atoms with Gasteiger partial charge in [0.05, 0.1) is 14.2 Å². The van der Waals surface area contributed by atoms with Crippen LogP contribution in [0.4, 0.5) is 4.79 Å². The normalized spacial score (nSPS) is 23.4. The SMILES string of the molecule is COc1ccc(CCN2C(=O)OC(C)(C)[C@]2(C)O)cc1OC. The van der Waals surface area contributed by atoms with Crippen molar-refractivity contribution < 1.29 is 24.1 Å². The monoisotopic (exact) mass is 309 g/mol. The standard InChI is InChI=1S/C16H23NO5/c1-15(2)16(3,19)17(14(18)22-15)9-8-11-6-7-12(20-4)13(10-11)21-5/h6-7,10,19H,8-9H2,1-5H3/t16-/m0/s1. The minimum Gasteiger partial charge on any atom is -0.493 e. The third-order valence-electron chi connectivity index (χ3n) is 4.30. The molecule has 1 fully saturated rings. The second-order valence-corrected chi connectivity index (χ2v) is 5.99. The second kappa shape index (κ2) is 5.68. The van der Waals surface area contributed by atoms with Gasteiger partial charge in [-0.05, 0) is 44.9 Å². The summed E-state index contributed by atoms with van der Waals surface area (Å²) in [5.41, 5.74) is -1.31. The van der Waals surface area contributed by atoms with E-state index in [-0.39, 0.29) is 0 Å². The first-order chi connectivity index (χ1) is 10.2. The highest BCUT2D eigenvalue weighted by molar-refractivity contribution is 5.72. The topological polar surface area (TPSA) is 68.2 Å². The van der Waals surface area contributed by atoms with Crippen molar-refractivity contribution in [1.29, 1.82) is 0 Å². The van der Waals surface area contributed by atoms with Gasteiger partial charge in [0.15, 0.2) is 22.8 Å². The predicted octanol–water partition coefficient (Wildman–Crippen LogP) is 2.19. The largest absolute Gasteiger partial charge is 0.493 e. The molecule has 1 aromatic carbocycles. The van der Waals surface area contributed by atoms with Crippen LogP contribution < -0.4 is 9.47 Å². The maximum Gasteiger partial charge on any atom is 0.412 e. The van der Waals surface area contributed by atoms with Gasteiger partial charge in [-0.3, -0.25) is 4.90 Å². The Bertz CT molecular complexity index is 568. The Kier molecular flexibility index (Phi) is 4.24. The molecule has 0 aliphatic carbocycles. The summed E-state index contributed by atoms with van der Waals surface area (Å²) in [5, 5.41) is 10.5. The average Bonchev–Trinajstić information content (AvgIpc) is 2.61. The molecule has 1 aromatic rings. The van der Waals surface area contributed by atoms with E-state index in [1.165, 1.54) is 4.90 Å². The number of nitrogens with zero attached hydrogens (tertiary/aromatic N) is 1. The van der Waals surface area contributed by atoms with E-state index in [0.29, 0.717) is 24.5 Å². The molecule has 1 saturated heterocycles. The number of carbonyl (C=O) groups excluding carboxylic acids is 1. The van der Waals surface area contributed by atoms with E-state index in [1.54, 1.807) is 35.0 Å². The van der Waals surface area contributed by atoms with E-state index in [0.717, 1.165) is 5.56 Å². The fourth-order valence-electron chi connectivity index (χ4n) is 2.46. The van der Waals surface area contributed by atoms with Crippen molar-refractivity contribution >= 4 is 6.09 Å². The van der Waals surface area contributed by atoms with Gasteiger partial charge >= 0.3 is 6.09 Å². The van der Waals surface area contributed by atoms with E-state index >= 15 is 0 Å². The Morgan fingerprint density at radius 1 is 1.18 bits per heavy atom. The van der Waals surface area contributed by atoms with Crippen LogP contribution in [-0.4, -0.2) is 48.2 Å². The molecule has 22 heavy (non-hydrogen) atoms. The molecule has 1 heterocycles. The van der Waals surface area contributed by atoms with Crippen molar-refractivity contribution in [2.24, 2.45) is 0 Å². The molecule has 6 nitrogen and oxygen atoms in total. The molecular formula is C16H23NO5. The third-order valence-corrected chi connectivity index (χ3v) is 4.30. The van der Waals surface area contributed by atoms with Crippen LogP contribution in [0.5, 0.6) is 11.5 Å². The molecule has 1 N–H and O–H groups in total. The fourth-order valence-corrected chi connectivity index (χ4v) is 2.46. The molecule has 122 valence electrons. The second-order valence-electron chi connectivity index (χ2n) is 5.99. The Morgan fingerprint density at radius 2 is 1.82 bits per heavy atom. The van der Waals surface area contributed by atoms with Gasteiger partial charge in [0.2, 0.25) is 0 Å². The van der Waals surface area contributed by atoms with Gasteiger partial charge < -0.3 is 19.3 Å². The number of amides is 1. The van der Waals surface area contributed by atoms with Gasteiger partial charge in [0.1, 0.15) is 0 Å². The number of methoxy groups -OCH3 is 2. The van der Waals surface area contributed by atoms with Crippen LogP contribution >= 0.6 is 0 Å².